The highest BCUT2D eigenvalue weighted by atomic mass is 79.9. The van der Waals surface area contributed by atoms with Crippen molar-refractivity contribution in [2.75, 3.05) is 50.7 Å². The molecule has 0 spiro atoms. The third-order valence-corrected chi connectivity index (χ3v) is 6.10. The van der Waals surface area contributed by atoms with Gasteiger partial charge < -0.3 is 9.80 Å². The van der Waals surface area contributed by atoms with Gasteiger partial charge in [0.05, 0.1) is 18.4 Å². The van der Waals surface area contributed by atoms with E-state index in [-0.39, 0.29) is 11.5 Å². The fraction of sp³-hybridized carbons (Fsp3) is 0.722. The Morgan fingerprint density at radius 3 is 2.42 bits per heavy atom. The number of hydrogen-bond acceptors (Lipinski definition) is 5. The van der Waals surface area contributed by atoms with Gasteiger partial charge in [-0.05, 0) is 34.2 Å². The van der Waals surface area contributed by atoms with Crippen molar-refractivity contribution < 1.29 is 4.79 Å². The molecule has 2 aliphatic heterocycles. The van der Waals surface area contributed by atoms with Crippen molar-refractivity contribution in [3.63, 3.8) is 0 Å². The van der Waals surface area contributed by atoms with E-state index in [4.69, 9.17) is 0 Å². The van der Waals surface area contributed by atoms with Crippen molar-refractivity contribution in [1.29, 1.82) is 0 Å². The number of anilines is 1. The van der Waals surface area contributed by atoms with Crippen LogP contribution < -0.4 is 10.5 Å². The molecule has 1 amide bonds. The molecule has 3 rings (SSSR count). The Labute approximate surface area is 163 Å². The van der Waals surface area contributed by atoms with Crippen molar-refractivity contribution in [3.8, 4) is 0 Å². The highest BCUT2D eigenvalue weighted by Gasteiger charge is 2.28. The quantitative estimate of drug-likeness (QED) is 0.727. The molecule has 2 fully saturated rings. The fourth-order valence-electron chi connectivity index (χ4n) is 4.03. The van der Waals surface area contributed by atoms with Crippen LogP contribution in [0.15, 0.2) is 15.5 Å². The predicted octanol–water partition coefficient (Wildman–Crippen LogP) is 1.17. The number of piperidine rings is 1. The second kappa shape index (κ2) is 8.08. The van der Waals surface area contributed by atoms with Gasteiger partial charge in [0.1, 0.15) is 4.47 Å². The van der Waals surface area contributed by atoms with Gasteiger partial charge >= 0.3 is 0 Å². The number of aromatic nitrogens is 2. The highest BCUT2D eigenvalue weighted by Crippen LogP contribution is 2.23. The van der Waals surface area contributed by atoms with Crippen molar-refractivity contribution in [2.45, 2.75) is 20.3 Å². The standard InChI is InChI=1S/C18H28BrN5O2/c1-13-8-14(2)11-24(10-13)16(25)12-22-4-6-23(7-5-22)15-9-20-21(3)18(26)17(15)19/h9,13-14H,4-8,10-12H2,1-3H3. The van der Waals surface area contributed by atoms with Gasteiger partial charge in [0.15, 0.2) is 0 Å². The summed E-state index contributed by atoms with van der Waals surface area (Å²) < 4.78 is 1.87. The number of amides is 1. The van der Waals surface area contributed by atoms with Gasteiger partial charge in [-0.2, -0.15) is 5.10 Å². The van der Waals surface area contributed by atoms with E-state index in [0.717, 1.165) is 45.0 Å². The first-order valence-corrected chi connectivity index (χ1v) is 10.1. The lowest BCUT2D eigenvalue weighted by molar-refractivity contribution is -0.135. The van der Waals surface area contributed by atoms with E-state index in [9.17, 15) is 9.59 Å². The summed E-state index contributed by atoms with van der Waals surface area (Å²) in [6.45, 7) is 9.91. The Morgan fingerprint density at radius 1 is 1.19 bits per heavy atom. The summed E-state index contributed by atoms with van der Waals surface area (Å²) in [5.74, 6) is 1.42. The minimum atomic E-state index is -0.131. The van der Waals surface area contributed by atoms with E-state index in [1.807, 2.05) is 4.90 Å². The Bertz CT molecular complexity index is 704. The molecular formula is C18H28BrN5O2. The normalized spacial score (nSPS) is 24.8. The molecule has 0 N–H and O–H groups in total. The summed E-state index contributed by atoms with van der Waals surface area (Å²) in [6, 6.07) is 0. The van der Waals surface area contributed by atoms with Crippen molar-refractivity contribution in [2.24, 2.45) is 18.9 Å². The number of aryl methyl sites for hydroxylation is 1. The second-order valence-corrected chi connectivity index (χ2v) is 8.57. The predicted molar refractivity (Wildman–Crippen MR) is 105 cm³/mol. The zero-order valence-corrected chi connectivity index (χ0v) is 17.4. The Kier molecular flexibility index (Phi) is 6.02. The lowest BCUT2D eigenvalue weighted by Crippen LogP contribution is -2.52. The van der Waals surface area contributed by atoms with Gasteiger partial charge in [-0.1, -0.05) is 13.8 Å². The minimum Gasteiger partial charge on any atom is -0.367 e. The molecule has 144 valence electrons. The first kappa shape index (κ1) is 19.4. The summed E-state index contributed by atoms with van der Waals surface area (Å²) >= 11 is 3.40. The molecule has 2 saturated heterocycles. The van der Waals surface area contributed by atoms with Crippen molar-refractivity contribution in [3.05, 3.63) is 21.0 Å². The summed E-state index contributed by atoms with van der Waals surface area (Å²) in [7, 11) is 1.64. The van der Waals surface area contributed by atoms with E-state index < -0.39 is 0 Å². The van der Waals surface area contributed by atoms with E-state index in [1.165, 1.54) is 11.1 Å². The van der Waals surface area contributed by atoms with Crippen LogP contribution in [0.4, 0.5) is 5.69 Å². The maximum Gasteiger partial charge on any atom is 0.282 e. The second-order valence-electron chi connectivity index (χ2n) is 7.78. The van der Waals surface area contributed by atoms with Gasteiger partial charge in [-0.3, -0.25) is 14.5 Å². The van der Waals surface area contributed by atoms with E-state index in [1.54, 1.807) is 13.2 Å². The van der Waals surface area contributed by atoms with Gasteiger partial charge in [-0.15, -0.1) is 0 Å². The lowest BCUT2D eigenvalue weighted by atomic mass is 9.92. The zero-order chi connectivity index (χ0) is 18.8. The van der Waals surface area contributed by atoms with Crippen LogP contribution >= 0.6 is 15.9 Å². The van der Waals surface area contributed by atoms with E-state index in [2.05, 4.69) is 44.7 Å². The minimum absolute atomic E-state index is 0.131. The SMILES string of the molecule is CC1CC(C)CN(C(=O)CN2CCN(c3cnn(C)c(=O)c3Br)CC2)C1. The van der Waals surface area contributed by atoms with Crippen LogP contribution in [0, 0.1) is 11.8 Å². The van der Waals surface area contributed by atoms with Crippen molar-refractivity contribution >= 4 is 27.5 Å². The molecule has 3 heterocycles. The van der Waals surface area contributed by atoms with Crippen LogP contribution in [0.25, 0.3) is 0 Å². The number of halogens is 1. The molecule has 0 radical (unpaired) electrons. The Balaban J connectivity index is 1.55. The van der Waals surface area contributed by atoms with Gasteiger partial charge in [0, 0.05) is 46.3 Å². The molecule has 2 atom stereocenters. The average Bonchev–Trinajstić information content (AvgIpc) is 2.60. The van der Waals surface area contributed by atoms with E-state index >= 15 is 0 Å². The number of rotatable bonds is 3. The largest absolute Gasteiger partial charge is 0.367 e. The Hall–Kier alpha value is -1.41. The van der Waals surface area contributed by atoms with Crippen LogP contribution in [-0.2, 0) is 11.8 Å². The molecule has 8 heteroatoms. The number of hydrogen-bond donors (Lipinski definition) is 0. The summed E-state index contributed by atoms with van der Waals surface area (Å²) in [4.78, 5) is 31.1. The van der Waals surface area contributed by atoms with Crippen molar-refractivity contribution in [1.82, 2.24) is 19.6 Å². The molecule has 1 aromatic rings. The van der Waals surface area contributed by atoms with Crippen LogP contribution in [-0.4, -0.2) is 71.3 Å². The topological polar surface area (TPSA) is 61.7 Å². The maximum absolute atomic E-state index is 12.7. The van der Waals surface area contributed by atoms with Crippen LogP contribution in [0.5, 0.6) is 0 Å². The maximum atomic E-state index is 12.7. The smallest absolute Gasteiger partial charge is 0.282 e. The molecule has 0 saturated carbocycles. The van der Waals surface area contributed by atoms with Gasteiger partial charge in [0.25, 0.3) is 5.56 Å². The molecular weight excluding hydrogens is 398 g/mol. The summed E-state index contributed by atoms with van der Waals surface area (Å²) in [6.07, 6.45) is 2.94. The van der Waals surface area contributed by atoms with Gasteiger partial charge in [-0.25, -0.2) is 4.68 Å². The molecule has 26 heavy (non-hydrogen) atoms. The number of carbonyl (C=O) groups excluding carboxylic acids is 1. The zero-order valence-electron chi connectivity index (χ0n) is 15.8. The molecule has 0 bridgehead atoms. The number of carbonyl (C=O) groups is 1. The highest BCUT2D eigenvalue weighted by molar-refractivity contribution is 9.10. The van der Waals surface area contributed by atoms with Crippen LogP contribution in [0.3, 0.4) is 0 Å². The number of likely N-dealkylation sites (tertiary alicyclic amines) is 1. The number of nitrogens with zero attached hydrogens (tertiary/aromatic N) is 5. The van der Waals surface area contributed by atoms with Crippen LogP contribution in [0.1, 0.15) is 20.3 Å². The molecule has 2 unspecified atom stereocenters. The van der Waals surface area contributed by atoms with E-state index in [0.29, 0.717) is 22.9 Å². The molecule has 0 aliphatic carbocycles. The fourth-order valence-corrected chi connectivity index (χ4v) is 4.64. The lowest BCUT2D eigenvalue weighted by Gasteiger charge is -2.39. The monoisotopic (exact) mass is 425 g/mol. The third kappa shape index (κ3) is 4.28. The molecule has 7 nitrogen and oxygen atoms in total. The first-order valence-electron chi connectivity index (χ1n) is 9.32. The Morgan fingerprint density at radius 2 is 1.81 bits per heavy atom. The van der Waals surface area contributed by atoms with Gasteiger partial charge in [0.2, 0.25) is 5.91 Å². The van der Waals surface area contributed by atoms with Crippen LogP contribution in [0.2, 0.25) is 0 Å². The molecule has 1 aromatic heterocycles. The summed E-state index contributed by atoms with van der Waals surface area (Å²) in [5.41, 5.74) is 0.700. The first-order chi connectivity index (χ1) is 12.3. The summed E-state index contributed by atoms with van der Waals surface area (Å²) in [5, 5.41) is 4.12. The average molecular weight is 426 g/mol. The number of piperazine rings is 1. The third-order valence-electron chi connectivity index (χ3n) is 5.35. The molecule has 2 aliphatic rings. The molecule has 0 aromatic carbocycles.